The average Bonchev–Trinajstić information content (AvgIpc) is 2.96. The van der Waals surface area contributed by atoms with Gasteiger partial charge in [0.1, 0.15) is 5.82 Å². The first-order chi connectivity index (χ1) is 10.7. The number of halogens is 1. The maximum atomic E-state index is 13.1. The second-order valence-electron chi connectivity index (χ2n) is 4.72. The zero-order chi connectivity index (χ0) is 15.4. The number of aromatic nitrogens is 3. The summed E-state index contributed by atoms with van der Waals surface area (Å²) in [6.45, 7) is 0. The average molecular weight is 296 g/mol. The van der Waals surface area contributed by atoms with E-state index in [1.807, 2.05) is 30.3 Å². The Morgan fingerprint density at radius 3 is 2.77 bits per heavy atom. The van der Waals surface area contributed by atoms with Gasteiger partial charge in [0, 0.05) is 18.3 Å². The first kappa shape index (κ1) is 13.9. The van der Waals surface area contributed by atoms with Crippen LogP contribution in [0.15, 0.2) is 61.1 Å². The van der Waals surface area contributed by atoms with Crippen molar-refractivity contribution in [1.29, 1.82) is 0 Å². The highest BCUT2D eigenvalue weighted by atomic mass is 19.1. The minimum absolute atomic E-state index is 0.159. The lowest BCUT2D eigenvalue weighted by molar-refractivity contribution is -0.115. The van der Waals surface area contributed by atoms with Crippen LogP contribution in [0.1, 0.15) is 5.56 Å². The Morgan fingerprint density at radius 2 is 2.00 bits per heavy atom. The highest BCUT2D eigenvalue weighted by Crippen LogP contribution is 2.11. The molecule has 22 heavy (non-hydrogen) atoms. The SMILES string of the molecule is O=C(Cc1ccccc1)Nc1ccn(-c2cncc(F)c2)n1. The zero-order valence-electron chi connectivity index (χ0n) is 11.6. The van der Waals surface area contributed by atoms with Gasteiger partial charge in [0.2, 0.25) is 5.91 Å². The fourth-order valence-electron chi connectivity index (χ4n) is 2.03. The van der Waals surface area contributed by atoms with E-state index in [1.54, 1.807) is 12.3 Å². The predicted octanol–water partition coefficient (Wildman–Crippen LogP) is 2.59. The van der Waals surface area contributed by atoms with Gasteiger partial charge in [-0.15, -0.1) is 0 Å². The largest absolute Gasteiger partial charge is 0.309 e. The molecule has 3 rings (SSSR count). The molecular formula is C16H13FN4O. The number of anilines is 1. The van der Waals surface area contributed by atoms with Crippen molar-refractivity contribution < 1.29 is 9.18 Å². The molecule has 5 nitrogen and oxygen atoms in total. The van der Waals surface area contributed by atoms with Crippen molar-refractivity contribution >= 4 is 11.7 Å². The van der Waals surface area contributed by atoms with E-state index in [0.717, 1.165) is 11.8 Å². The van der Waals surface area contributed by atoms with E-state index in [0.29, 0.717) is 11.5 Å². The molecule has 0 unspecified atom stereocenters. The number of carbonyl (C=O) groups is 1. The molecule has 2 aromatic heterocycles. The van der Waals surface area contributed by atoms with Crippen molar-refractivity contribution in [3.05, 3.63) is 72.4 Å². The Kier molecular flexibility index (Phi) is 3.91. The van der Waals surface area contributed by atoms with Crippen molar-refractivity contribution in [2.75, 3.05) is 5.32 Å². The van der Waals surface area contributed by atoms with Gasteiger partial charge in [-0.2, -0.15) is 5.10 Å². The summed E-state index contributed by atoms with van der Waals surface area (Å²) in [5.74, 6) is -0.193. The fraction of sp³-hybridized carbons (Fsp3) is 0.0625. The van der Waals surface area contributed by atoms with E-state index in [1.165, 1.54) is 16.9 Å². The zero-order valence-corrected chi connectivity index (χ0v) is 11.6. The van der Waals surface area contributed by atoms with Gasteiger partial charge in [-0.3, -0.25) is 9.78 Å². The number of benzene rings is 1. The third-order valence-corrected chi connectivity index (χ3v) is 3.02. The number of rotatable bonds is 4. The minimum Gasteiger partial charge on any atom is -0.309 e. The summed E-state index contributed by atoms with van der Waals surface area (Å²) >= 11 is 0. The Hall–Kier alpha value is -3.02. The fourth-order valence-corrected chi connectivity index (χ4v) is 2.03. The number of carbonyl (C=O) groups excluding carboxylic acids is 1. The highest BCUT2D eigenvalue weighted by molar-refractivity contribution is 5.91. The molecular weight excluding hydrogens is 283 g/mol. The van der Waals surface area contributed by atoms with Crippen LogP contribution < -0.4 is 5.32 Å². The van der Waals surface area contributed by atoms with E-state index in [-0.39, 0.29) is 12.3 Å². The van der Waals surface area contributed by atoms with Gasteiger partial charge >= 0.3 is 0 Å². The topological polar surface area (TPSA) is 59.8 Å². The number of nitrogens with zero attached hydrogens (tertiary/aromatic N) is 3. The van der Waals surface area contributed by atoms with Gasteiger partial charge in [-0.1, -0.05) is 30.3 Å². The van der Waals surface area contributed by atoms with Crippen LogP contribution in [0.3, 0.4) is 0 Å². The van der Waals surface area contributed by atoms with Crippen LogP contribution in [-0.4, -0.2) is 20.7 Å². The predicted molar refractivity (Wildman–Crippen MR) is 80.1 cm³/mol. The Balaban J connectivity index is 1.68. The molecule has 0 spiro atoms. The summed E-state index contributed by atoms with van der Waals surface area (Å²) in [7, 11) is 0. The highest BCUT2D eigenvalue weighted by Gasteiger charge is 2.07. The monoisotopic (exact) mass is 296 g/mol. The molecule has 2 heterocycles. The van der Waals surface area contributed by atoms with Crippen LogP contribution in [0.4, 0.5) is 10.2 Å². The van der Waals surface area contributed by atoms with E-state index in [9.17, 15) is 9.18 Å². The van der Waals surface area contributed by atoms with Crippen LogP contribution in [-0.2, 0) is 11.2 Å². The molecule has 0 saturated heterocycles. The molecule has 0 radical (unpaired) electrons. The van der Waals surface area contributed by atoms with Crippen LogP contribution in [0.2, 0.25) is 0 Å². The quantitative estimate of drug-likeness (QED) is 0.805. The van der Waals surface area contributed by atoms with Crippen molar-refractivity contribution in [2.45, 2.75) is 6.42 Å². The maximum Gasteiger partial charge on any atom is 0.229 e. The Morgan fingerprint density at radius 1 is 1.18 bits per heavy atom. The lowest BCUT2D eigenvalue weighted by Gasteiger charge is -2.03. The molecule has 0 fully saturated rings. The summed E-state index contributed by atoms with van der Waals surface area (Å²) in [5.41, 5.74) is 1.41. The maximum absolute atomic E-state index is 13.1. The molecule has 1 amide bonds. The first-order valence-electron chi connectivity index (χ1n) is 6.71. The van der Waals surface area contributed by atoms with Gasteiger partial charge in [-0.25, -0.2) is 9.07 Å². The minimum atomic E-state index is -0.442. The third kappa shape index (κ3) is 3.35. The number of pyridine rings is 1. The summed E-state index contributed by atoms with van der Waals surface area (Å²) < 4.78 is 14.6. The molecule has 0 bridgehead atoms. The standard InChI is InChI=1S/C16H13FN4O/c17-13-9-14(11-18-10-13)21-7-6-15(20-21)19-16(22)8-12-4-2-1-3-5-12/h1-7,9-11H,8H2,(H,19,20,22). The number of nitrogens with one attached hydrogen (secondary N) is 1. The molecule has 0 aliphatic rings. The lowest BCUT2D eigenvalue weighted by Crippen LogP contribution is -2.15. The van der Waals surface area contributed by atoms with Crippen LogP contribution in [0, 0.1) is 5.82 Å². The van der Waals surface area contributed by atoms with Crippen molar-refractivity contribution in [2.24, 2.45) is 0 Å². The summed E-state index contributed by atoms with van der Waals surface area (Å²) in [6.07, 6.45) is 4.52. The molecule has 6 heteroatoms. The van der Waals surface area contributed by atoms with Gasteiger partial charge < -0.3 is 5.32 Å². The van der Waals surface area contributed by atoms with Gasteiger partial charge in [0.25, 0.3) is 0 Å². The molecule has 0 aliphatic carbocycles. The summed E-state index contributed by atoms with van der Waals surface area (Å²) in [6, 6.07) is 12.4. The van der Waals surface area contributed by atoms with Gasteiger partial charge in [-0.05, 0) is 5.56 Å². The van der Waals surface area contributed by atoms with Gasteiger partial charge in [0.15, 0.2) is 5.82 Å². The number of amides is 1. The van der Waals surface area contributed by atoms with Crippen molar-refractivity contribution in [3.8, 4) is 5.69 Å². The Labute approximate surface area is 126 Å². The molecule has 0 saturated carbocycles. The second kappa shape index (κ2) is 6.17. The molecule has 1 N–H and O–H groups in total. The number of hydrogen-bond acceptors (Lipinski definition) is 3. The van der Waals surface area contributed by atoms with E-state index in [2.05, 4.69) is 15.4 Å². The molecule has 0 atom stereocenters. The molecule has 110 valence electrons. The molecule has 0 aliphatic heterocycles. The summed E-state index contributed by atoms with van der Waals surface area (Å²) in [4.78, 5) is 15.7. The second-order valence-corrected chi connectivity index (χ2v) is 4.72. The molecule has 1 aromatic carbocycles. The van der Waals surface area contributed by atoms with Crippen LogP contribution in [0.25, 0.3) is 5.69 Å². The third-order valence-electron chi connectivity index (χ3n) is 3.02. The number of hydrogen-bond donors (Lipinski definition) is 1. The van der Waals surface area contributed by atoms with Crippen LogP contribution >= 0.6 is 0 Å². The molecule has 3 aromatic rings. The van der Waals surface area contributed by atoms with Crippen molar-refractivity contribution in [3.63, 3.8) is 0 Å². The normalized spacial score (nSPS) is 10.4. The smallest absolute Gasteiger partial charge is 0.229 e. The van der Waals surface area contributed by atoms with E-state index in [4.69, 9.17) is 0 Å². The van der Waals surface area contributed by atoms with Crippen LogP contribution in [0.5, 0.6) is 0 Å². The van der Waals surface area contributed by atoms with E-state index >= 15 is 0 Å². The van der Waals surface area contributed by atoms with E-state index < -0.39 is 5.82 Å². The Bertz CT molecular complexity index is 786. The lowest BCUT2D eigenvalue weighted by atomic mass is 10.1. The van der Waals surface area contributed by atoms with Gasteiger partial charge in [0.05, 0.1) is 24.5 Å². The summed E-state index contributed by atoms with van der Waals surface area (Å²) in [5, 5.41) is 6.89. The van der Waals surface area contributed by atoms with Crippen molar-refractivity contribution in [1.82, 2.24) is 14.8 Å². The first-order valence-corrected chi connectivity index (χ1v) is 6.71.